The Balaban J connectivity index is 1.81. The van der Waals surface area contributed by atoms with E-state index in [1.54, 1.807) is 11.5 Å². The number of aromatic nitrogens is 4. The van der Waals surface area contributed by atoms with Gasteiger partial charge in [-0.3, -0.25) is 9.36 Å². The fraction of sp³-hybridized carbons (Fsp3) is 0.625. The lowest BCUT2D eigenvalue weighted by molar-refractivity contribution is -0.179. The number of hydrogen-bond donors (Lipinski definition) is 1. The Morgan fingerprint density at radius 3 is 2.89 bits per heavy atom. The predicted octanol–water partition coefficient (Wildman–Crippen LogP) is 1.68. The van der Waals surface area contributed by atoms with Crippen LogP contribution in [0.3, 0.4) is 0 Å². The maximum absolute atomic E-state index is 11.2. The van der Waals surface area contributed by atoms with Gasteiger partial charge in [0.15, 0.2) is 16.6 Å². The topological polar surface area (TPSA) is 124 Å². The second-order valence-electron chi connectivity index (χ2n) is 6.64. The van der Waals surface area contributed by atoms with E-state index in [2.05, 4.69) is 15.0 Å². The molecule has 1 fully saturated rings. The van der Waals surface area contributed by atoms with Crippen LogP contribution < -0.4 is 5.73 Å². The van der Waals surface area contributed by atoms with Crippen molar-refractivity contribution in [2.45, 2.75) is 51.9 Å². The summed E-state index contributed by atoms with van der Waals surface area (Å²) < 4.78 is 24.4. The largest absolute Gasteiger partial charge is 0.463 e. The normalized spacial score (nSPS) is 21.3. The second-order valence-corrected chi connectivity index (χ2v) is 7.00. The number of carbonyl (C=O) groups is 1. The summed E-state index contributed by atoms with van der Waals surface area (Å²) in [7, 11) is 0. The quantitative estimate of drug-likeness (QED) is 0.570. The highest BCUT2D eigenvalue weighted by molar-refractivity contribution is 6.33. The molecule has 1 aliphatic rings. The summed E-state index contributed by atoms with van der Waals surface area (Å²) in [5, 5.41) is 0.161. The number of imidazole rings is 1. The highest BCUT2D eigenvalue weighted by Crippen LogP contribution is 2.29. The smallest absolute Gasteiger partial charge is 0.302 e. The first kappa shape index (κ1) is 19.7. The van der Waals surface area contributed by atoms with Gasteiger partial charge in [-0.25, -0.2) is 4.98 Å². The lowest BCUT2D eigenvalue weighted by Crippen LogP contribution is -2.38. The zero-order valence-corrected chi connectivity index (χ0v) is 16.3. The van der Waals surface area contributed by atoms with Gasteiger partial charge in [0, 0.05) is 6.92 Å². The van der Waals surface area contributed by atoms with Gasteiger partial charge in [-0.2, -0.15) is 9.97 Å². The van der Waals surface area contributed by atoms with Crippen molar-refractivity contribution in [3.8, 4) is 0 Å². The van der Waals surface area contributed by atoms with E-state index in [1.165, 1.54) is 13.3 Å². The Morgan fingerprint density at radius 1 is 1.52 bits per heavy atom. The molecule has 1 saturated heterocycles. The van der Waals surface area contributed by atoms with Crippen LogP contribution in [-0.2, 0) is 23.7 Å². The molecule has 0 aliphatic carbocycles. The van der Waals surface area contributed by atoms with Crippen LogP contribution in [-0.4, -0.2) is 56.7 Å². The van der Waals surface area contributed by atoms with Crippen molar-refractivity contribution < 1.29 is 23.7 Å². The van der Waals surface area contributed by atoms with E-state index in [0.717, 1.165) is 0 Å². The molecule has 148 valence electrons. The maximum Gasteiger partial charge on any atom is 0.302 e. The average molecular weight is 400 g/mol. The summed E-state index contributed by atoms with van der Waals surface area (Å²) in [6.45, 7) is 7.09. The third-order valence-corrected chi connectivity index (χ3v) is 4.32. The minimum atomic E-state index is -0.733. The van der Waals surface area contributed by atoms with Crippen LogP contribution in [0.25, 0.3) is 11.2 Å². The number of fused-ring (bicyclic) bond motifs is 1. The van der Waals surface area contributed by atoms with E-state index < -0.39 is 30.2 Å². The van der Waals surface area contributed by atoms with Crippen molar-refractivity contribution in [2.24, 2.45) is 0 Å². The molecule has 27 heavy (non-hydrogen) atoms. The molecule has 0 spiro atoms. The second kappa shape index (κ2) is 7.55. The van der Waals surface area contributed by atoms with Gasteiger partial charge in [0.05, 0.1) is 12.9 Å². The van der Waals surface area contributed by atoms with Gasteiger partial charge in [0.1, 0.15) is 30.6 Å². The van der Waals surface area contributed by atoms with E-state index in [0.29, 0.717) is 17.8 Å². The molecule has 3 heterocycles. The molecule has 2 N–H and O–H groups in total. The molecule has 0 radical (unpaired) electrons. The predicted molar refractivity (Wildman–Crippen MR) is 95.9 cm³/mol. The number of nitrogens with two attached hydrogens (primary N) is 1. The number of rotatable bonds is 6. The van der Waals surface area contributed by atoms with Crippen LogP contribution in [0.5, 0.6) is 0 Å². The van der Waals surface area contributed by atoms with Gasteiger partial charge in [0.2, 0.25) is 5.95 Å². The molecular weight excluding hydrogens is 378 g/mol. The number of ether oxygens (including phenoxy) is 4. The fourth-order valence-corrected chi connectivity index (χ4v) is 3.03. The van der Waals surface area contributed by atoms with Crippen molar-refractivity contribution in [1.29, 1.82) is 0 Å². The monoisotopic (exact) mass is 399 g/mol. The summed E-state index contributed by atoms with van der Waals surface area (Å²) in [6.07, 6.45) is 0.0552. The van der Waals surface area contributed by atoms with Crippen LogP contribution in [0.15, 0.2) is 6.33 Å². The fourth-order valence-electron chi connectivity index (χ4n) is 2.81. The number of nitrogens with zero attached hydrogens (tertiary/aromatic N) is 4. The molecule has 0 bridgehead atoms. The highest BCUT2D eigenvalue weighted by Gasteiger charge is 2.39. The molecule has 2 aromatic rings. The van der Waals surface area contributed by atoms with Crippen LogP contribution in [0.2, 0.25) is 5.15 Å². The van der Waals surface area contributed by atoms with Crippen molar-refractivity contribution >= 4 is 34.7 Å². The van der Waals surface area contributed by atoms with E-state index in [-0.39, 0.29) is 17.7 Å². The molecule has 3 rings (SSSR count). The lowest BCUT2D eigenvalue weighted by atomic mass is 10.2. The first-order valence-corrected chi connectivity index (χ1v) is 8.80. The molecule has 0 amide bonds. The molecule has 3 atom stereocenters. The van der Waals surface area contributed by atoms with Crippen molar-refractivity contribution in [2.75, 3.05) is 18.9 Å². The summed E-state index contributed by atoms with van der Waals surface area (Å²) in [6, 6.07) is 0. The molecule has 3 unspecified atom stereocenters. The summed E-state index contributed by atoms with van der Waals surface area (Å²) in [5.74, 6) is -1.11. The Bertz CT molecular complexity index is 842. The Hall–Kier alpha value is -2.01. The maximum atomic E-state index is 11.2. The number of carbonyl (C=O) groups excluding carboxylic acids is 1. The minimum Gasteiger partial charge on any atom is -0.463 e. The SMILES string of the molecule is CC(=O)OCC(OC(C)n1cnc2c(Cl)nc(N)nc21)C1COC(C)(C)O1. The van der Waals surface area contributed by atoms with E-state index in [1.807, 2.05) is 13.8 Å². The van der Waals surface area contributed by atoms with Crippen molar-refractivity contribution in [3.63, 3.8) is 0 Å². The number of anilines is 1. The van der Waals surface area contributed by atoms with Gasteiger partial charge in [0.25, 0.3) is 0 Å². The Labute approximate surface area is 160 Å². The van der Waals surface area contributed by atoms with Gasteiger partial charge in [-0.1, -0.05) is 11.6 Å². The van der Waals surface area contributed by atoms with E-state index >= 15 is 0 Å². The highest BCUT2D eigenvalue weighted by atomic mass is 35.5. The number of hydrogen-bond acceptors (Lipinski definition) is 9. The van der Waals surface area contributed by atoms with E-state index in [4.69, 9.17) is 36.3 Å². The number of halogens is 1. The Morgan fingerprint density at radius 2 is 2.26 bits per heavy atom. The zero-order valence-electron chi connectivity index (χ0n) is 15.5. The lowest BCUT2D eigenvalue weighted by Gasteiger charge is -2.27. The van der Waals surface area contributed by atoms with Crippen LogP contribution in [0.1, 0.15) is 33.9 Å². The van der Waals surface area contributed by atoms with Gasteiger partial charge >= 0.3 is 5.97 Å². The first-order chi connectivity index (χ1) is 12.7. The van der Waals surface area contributed by atoms with E-state index in [9.17, 15) is 4.79 Å². The van der Waals surface area contributed by atoms with Crippen molar-refractivity contribution in [1.82, 2.24) is 19.5 Å². The minimum absolute atomic E-state index is 0.0221. The first-order valence-electron chi connectivity index (χ1n) is 8.42. The zero-order chi connectivity index (χ0) is 19.8. The summed E-state index contributed by atoms with van der Waals surface area (Å²) >= 11 is 6.06. The van der Waals surface area contributed by atoms with Crippen LogP contribution in [0.4, 0.5) is 5.95 Å². The molecule has 10 nitrogen and oxygen atoms in total. The number of nitrogen functional groups attached to an aromatic ring is 1. The van der Waals surface area contributed by atoms with Gasteiger partial charge < -0.3 is 24.7 Å². The van der Waals surface area contributed by atoms with Crippen molar-refractivity contribution in [3.05, 3.63) is 11.5 Å². The van der Waals surface area contributed by atoms with Crippen LogP contribution >= 0.6 is 11.6 Å². The van der Waals surface area contributed by atoms with Gasteiger partial charge in [-0.05, 0) is 20.8 Å². The molecule has 0 aromatic carbocycles. The molecule has 0 saturated carbocycles. The van der Waals surface area contributed by atoms with Crippen LogP contribution in [0, 0.1) is 0 Å². The third-order valence-electron chi connectivity index (χ3n) is 4.06. The van der Waals surface area contributed by atoms with Gasteiger partial charge in [-0.15, -0.1) is 0 Å². The average Bonchev–Trinajstić information content (AvgIpc) is 3.14. The summed E-state index contributed by atoms with van der Waals surface area (Å²) in [5.41, 5.74) is 6.54. The Kier molecular flexibility index (Phi) is 5.52. The molecule has 11 heteroatoms. The third kappa shape index (κ3) is 4.46. The summed E-state index contributed by atoms with van der Waals surface area (Å²) in [4.78, 5) is 23.5. The number of esters is 1. The molecular formula is C16H22ClN5O5. The molecule has 2 aromatic heterocycles. The molecule has 1 aliphatic heterocycles. The standard InChI is InChI=1S/C16H22ClN5O5/c1-8(22-7-19-12-13(17)20-15(18)21-14(12)22)26-10(5-24-9(2)23)11-6-25-16(3,4)27-11/h7-8,10-11H,5-6H2,1-4H3,(H2,18,20,21).